The van der Waals surface area contributed by atoms with Crippen LogP contribution in [-0.2, 0) is 4.79 Å². The van der Waals surface area contributed by atoms with Crippen molar-refractivity contribution in [3.05, 3.63) is 48.0 Å². The van der Waals surface area contributed by atoms with Crippen molar-refractivity contribution in [3.8, 4) is 11.5 Å². The van der Waals surface area contributed by atoms with Gasteiger partial charge in [-0.3, -0.25) is 14.7 Å². The van der Waals surface area contributed by atoms with Gasteiger partial charge < -0.3 is 14.8 Å². The average molecular weight is 435 g/mol. The fourth-order valence-electron chi connectivity index (χ4n) is 4.33. The lowest BCUT2D eigenvalue weighted by Gasteiger charge is -2.26. The Hall–Kier alpha value is -3.19. The maximum absolute atomic E-state index is 13.0. The minimum Gasteiger partial charge on any atom is -0.493 e. The number of aliphatic imine (C=N–C) groups is 2. The topological polar surface area (TPSA) is 75.5 Å². The van der Waals surface area contributed by atoms with Gasteiger partial charge in [-0.2, -0.15) is 0 Å². The first-order chi connectivity index (χ1) is 15.6. The van der Waals surface area contributed by atoms with Gasteiger partial charge >= 0.3 is 0 Å². The summed E-state index contributed by atoms with van der Waals surface area (Å²) in [5, 5.41) is 3.11. The van der Waals surface area contributed by atoms with Gasteiger partial charge in [-0.05, 0) is 62.7 Å². The van der Waals surface area contributed by atoms with Crippen LogP contribution < -0.4 is 14.8 Å². The minimum absolute atomic E-state index is 0.0525. The number of para-hydroxylation sites is 2. The maximum atomic E-state index is 13.0. The highest BCUT2D eigenvalue weighted by atomic mass is 16.5. The van der Waals surface area contributed by atoms with Crippen LogP contribution in [0.1, 0.15) is 37.7 Å². The Balaban J connectivity index is 1.70. The molecule has 7 heteroatoms. The van der Waals surface area contributed by atoms with Gasteiger partial charge in [0.1, 0.15) is 5.84 Å². The number of piperidine rings is 1. The number of carbonyl (C=O) groups is 1. The van der Waals surface area contributed by atoms with E-state index in [4.69, 9.17) is 19.5 Å². The summed E-state index contributed by atoms with van der Waals surface area (Å²) in [6.45, 7) is 4.26. The van der Waals surface area contributed by atoms with Crippen LogP contribution in [0.2, 0.25) is 0 Å². The van der Waals surface area contributed by atoms with E-state index in [-0.39, 0.29) is 11.8 Å². The SMILES string of the molecule is COc1ccc([C@H]2C(C)=Nc3ccccc3N=C2NC(=O)CN2CCCCC2)cc1OC. The fourth-order valence-corrected chi connectivity index (χ4v) is 4.33. The minimum atomic E-state index is -0.312. The number of nitrogens with zero attached hydrogens (tertiary/aromatic N) is 3. The molecule has 4 rings (SSSR count). The number of rotatable bonds is 5. The summed E-state index contributed by atoms with van der Waals surface area (Å²) < 4.78 is 10.9. The Labute approximate surface area is 189 Å². The third-order valence-corrected chi connectivity index (χ3v) is 5.93. The van der Waals surface area contributed by atoms with Crippen molar-refractivity contribution >= 4 is 28.8 Å². The lowest BCUT2D eigenvalue weighted by atomic mass is 9.92. The molecular formula is C25H30N4O3. The molecule has 0 radical (unpaired) electrons. The van der Waals surface area contributed by atoms with E-state index in [1.54, 1.807) is 14.2 Å². The van der Waals surface area contributed by atoms with E-state index in [1.807, 2.05) is 49.4 Å². The van der Waals surface area contributed by atoms with E-state index in [9.17, 15) is 4.79 Å². The summed E-state index contributed by atoms with van der Waals surface area (Å²) in [5.74, 6) is 1.48. The van der Waals surface area contributed by atoms with E-state index in [0.29, 0.717) is 23.9 Å². The number of nitrogens with one attached hydrogen (secondary N) is 1. The number of ether oxygens (including phenoxy) is 2. The number of hydrogen-bond donors (Lipinski definition) is 1. The zero-order chi connectivity index (χ0) is 22.5. The van der Waals surface area contributed by atoms with E-state index in [0.717, 1.165) is 48.6 Å². The van der Waals surface area contributed by atoms with Crippen LogP contribution >= 0.6 is 0 Å². The van der Waals surface area contributed by atoms with E-state index >= 15 is 0 Å². The second kappa shape index (κ2) is 9.96. The van der Waals surface area contributed by atoms with E-state index in [1.165, 1.54) is 6.42 Å². The Kier molecular flexibility index (Phi) is 6.85. The van der Waals surface area contributed by atoms with Crippen molar-refractivity contribution in [3.63, 3.8) is 0 Å². The Morgan fingerprint density at radius 3 is 2.38 bits per heavy atom. The first kappa shape index (κ1) is 22.0. The zero-order valence-corrected chi connectivity index (χ0v) is 18.9. The number of carbonyl (C=O) groups excluding carboxylic acids is 1. The van der Waals surface area contributed by atoms with E-state index < -0.39 is 0 Å². The van der Waals surface area contributed by atoms with Crippen LogP contribution in [0.4, 0.5) is 11.4 Å². The molecule has 1 fully saturated rings. The van der Waals surface area contributed by atoms with Gasteiger partial charge in [-0.15, -0.1) is 0 Å². The Morgan fingerprint density at radius 2 is 1.69 bits per heavy atom. The van der Waals surface area contributed by atoms with Crippen molar-refractivity contribution in [2.45, 2.75) is 32.1 Å². The molecule has 2 aromatic rings. The molecule has 1 atom stereocenters. The molecule has 1 N–H and O–H groups in total. The number of methoxy groups -OCH3 is 2. The molecule has 2 heterocycles. The number of benzene rings is 2. The largest absolute Gasteiger partial charge is 0.493 e. The van der Waals surface area contributed by atoms with Gasteiger partial charge in [-0.1, -0.05) is 24.6 Å². The lowest BCUT2D eigenvalue weighted by molar-refractivity contribution is -0.121. The highest BCUT2D eigenvalue weighted by Gasteiger charge is 2.28. The van der Waals surface area contributed by atoms with Crippen molar-refractivity contribution in [2.24, 2.45) is 9.98 Å². The third kappa shape index (κ3) is 4.83. The van der Waals surface area contributed by atoms with Gasteiger partial charge in [0.05, 0.1) is 38.1 Å². The fraction of sp³-hybridized carbons (Fsp3) is 0.400. The molecule has 0 unspecified atom stereocenters. The molecule has 0 bridgehead atoms. The van der Waals surface area contributed by atoms with Gasteiger partial charge in [0.2, 0.25) is 5.91 Å². The second-order valence-corrected chi connectivity index (χ2v) is 8.17. The molecule has 2 aliphatic heterocycles. The van der Waals surface area contributed by atoms with Gasteiger partial charge in [0.25, 0.3) is 0 Å². The number of amides is 1. The predicted octanol–water partition coefficient (Wildman–Crippen LogP) is 4.23. The molecule has 2 aliphatic rings. The summed E-state index contributed by atoms with van der Waals surface area (Å²) in [4.78, 5) is 24.9. The number of hydrogen-bond acceptors (Lipinski definition) is 6. The van der Waals surface area contributed by atoms with Crippen LogP contribution in [0.25, 0.3) is 0 Å². The van der Waals surface area contributed by atoms with Gasteiger partial charge in [0, 0.05) is 5.71 Å². The second-order valence-electron chi connectivity index (χ2n) is 8.17. The summed E-state index contributed by atoms with van der Waals surface area (Å²) in [5.41, 5.74) is 3.30. The first-order valence-corrected chi connectivity index (χ1v) is 11.1. The summed E-state index contributed by atoms with van der Waals surface area (Å²) in [6, 6.07) is 13.5. The lowest BCUT2D eigenvalue weighted by Crippen LogP contribution is -2.44. The monoisotopic (exact) mass is 434 g/mol. The average Bonchev–Trinajstić information content (AvgIpc) is 2.94. The molecule has 168 valence electrons. The predicted molar refractivity (Wildman–Crippen MR) is 127 cm³/mol. The molecule has 2 aromatic carbocycles. The van der Waals surface area contributed by atoms with Crippen molar-refractivity contribution in [1.29, 1.82) is 0 Å². The quantitative estimate of drug-likeness (QED) is 0.764. The van der Waals surface area contributed by atoms with Crippen LogP contribution in [0.5, 0.6) is 11.5 Å². The first-order valence-electron chi connectivity index (χ1n) is 11.1. The van der Waals surface area contributed by atoms with Crippen LogP contribution in [0, 0.1) is 0 Å². The Morgan fingerprint density at radius 1 is 1.00 bits per heavy atom. The highest BCUT2D eigenvalue weighted by Crippen LogP contribution is 2.36. The number of likely N-dealkylation sites (tertiary alicyclic amines) is 1. The molecule has 0 saturated carbocycles. The molecule has 7 nitrogen and oxygen atoms in total. The smallest absolute Gasteiger partial charge is 0.239 e. The van der Waals surface area contributed by atoms with Crippen LogP contribution in [0.3, 0.4) is 0 Å². The normalized spacial score (nSPS) is 18.7. The zero-order valence-electron chi connectivity index (χ0n) is 18.9. The summed E-state index contributed by atoms with van der Waals surface area (Å²) >= 11 is 0. The summed E-state index contributed by atoms with van der Waals surface area (Å²) in [6.07, 6.45) is 3.52. The molecule has 0 aliphatic carbocycles. The van der Waals surface area contributed by atoms with Gasteiger partial charge in [0.15, 0.2) is 11.5 Å². The van der Waals surface area contributed by atoms with Crippen molar-refractivity contribution in [2.75, 3.05) is 33.9 Å². The Bertz CT molecular complexity index is 1040. The standard InChI is InChI=1S/C25H30N4O3/c1-17-24(18-11-12-21(31-2)22(15-18)32-3)25(27-20-10-6-5-9-19(20)26-17)28-23(30)16-29-13-7-4-8-14-29/h5-6,9-12,15,24H,4,7-8,13-14,16H2,1-3H3,(H,27,28,30)/t24-/m1/s1. The molecular weight excluding hydrogens is 404 g/mol. The van der Waals surface area contributed by atoms with Gasteiger partial charge in [-0.25, -0.2) is 4.99 Å². The van der Waals surface area contributed by atoms with Crippen molar-refractivity contribution in [1.82, 2.24) is 10.2 Å². The highest BCUT2D eigenvalue weighted by molar-refractivity contribution is 6.17. The molecule has 0 aromatic heterocycles. The number of fused-ring (bicyclic) bond motifs is 1. The molecule has 0 spiro atoms. The molecule has 1 amide bonds. The van der Waals surface area contributed by atoms with E-state index in [2.05, 4.69) is 10.2 Å². The summed E-state index contributed by atoms with van der Waals surface area (Å²) in [7, 11) is 3.22. The number of amidine groups is 1. The van der Waals surface area contributed by atoms with Crippen LogP contribution in [0.15, 0.2) is 52.4 Å². The third-order valence-electron chi connectivity index (χ3n) is 5.93. The molecule has 32 heavy (non-hydrogen) atoms. The van der Waals surface area contributed by atoms with Crippen molar-refractivity contribution < 1.29 is 14.3 Å². The molecule has 1 saturated heterocycles. The maximum Gasteiger partial charge on any atom is 0.239 e. The van der Waals surface area contributed by atoms with Crippen LogP contribution in [-0.4, -0.2) is 56.2 Å².